The van der Waals surface area contributed by atoms with E-state index in [9.17, 15) is 0 Å². The molecule has 1 unspecified atom stereocenters. The van der Waals surface area contributed by atoms with Crippen molar-refractivity contribution >= 4 is 8.80 Å². The van der Waals surface area contributed by atoms with Gasteiger partial charge in [-0.1, -0.05) is 6.92 Å². The molecule has 0 N–H and O–H groups in total. The fourth-order valence-electron chi connectivity index (χ4n) is 1.87. The molecule has 0 saturated carbocycles. The van der Waals surface area contributed by atoms with Crippen molar-refractivity contribution in [2.45, 2.75) is 45.9 Å². The molecular formula is C12H26O5Si. The Morgan fingerprint density at radius 1 is 1.06 bits per heavy atom. The lowest BCUT2D eigenvalue weighted by Gasteiger charge is -2.34. The Morgan fingerprint density at radius 2 is 1.56 bits per heavy atom. The van der Waals surface area contributed by atoms with Crippen LogP contribution in [0, 0.1) is 0 Å². The van der Waals surface area contributed by atoms with Gasteiger partial charge in [-0.15, -0.1) is 0 Å². The van der Waals surface area contributed by atoms with Crippen molar-refractivity contribution in [1.29, 1.82) is 0 Å². The van der Waals surface area contributed by atoms with Crippen LogP contribution in [0.4, 0.5) is 0 Å². The third-order valence-electron chi connectivity index (χ3n) is 2.69. The number of hydrogen-bond acceptors (Lipinski definition) is 5. The molecule has 0 aromatic heterocycles. The second-order valence-corrected chi connectivity index (χ2v) is 6.81. The van der Waals surface area contributed by atoms with Gasteiger partial charge in [-0.3, -0.25) is 0 Å². The predicted molar refractivity (Wildman–Crippen MR) is 70.4 cm³/mol. The quantitative estimate of drug-likeness (QED) is 0.426. The summed E-state index contributed by atoms with van der Waals surface area (Å²) < 4.78 is 28.6. The molecule has 0 bridgehead atoms. The molecule has 5 nitrogen and oxygen atoms in total. The van der Waals surface area contributed by atoms with Crippen molar-refractivity contribution in [3.63, 3.8) is 0 Å². The molecule has 0 spiro atoms. The Hall–Kier alpha value is 0.0169. The van der Waals surface area contributed by atoms with Crippen LogP contribution in [0.1, 0.15) is 34.1 Å². The zero-order valence-electron chi connectivity index (χ0n) is 11.9. The van der Waals surface area contributed by atoms with Gasteiger partial charge in [-0.2, -0.15) is 0 Å². The molecule has 1 rings (SSSR count). The first-order chi connectivity index (χ1) is 8.72. The maximum absolute atomic E-state index is 5.90. The number of rotatable bonds is 11. The molecule has 0 aromatic rings. The Bertz CT molecular complexity index is 205. The van der Waals surface area contributed by atoms with E-state index < -0.39 is 8.80 Å². The van der Waals surface area contributed by atoms with Crippen molar-refractivity contribution in [1.82, 2.24) is 0 Å². The molecule has 1 heterocycles. The van der Waals surface area contributed by atoms with Crippen LogP contribution < -0.4 is 0 Å². The van der Waals surface area contributed by atoms with Gasteiger partial charge in [0.05, 0.1) is 13.2 Å². The topological polar surface area (TPSA) is 49.5 Å². The van der Waals surface area contributed by atoms with Crippen LogP contribution in [-0.2, 0) is 22.8 Å². The van der Waals surface area contributed by atoms with Crippen molar-refractivity contribution in [3.8, 4) is 0 Å². The molecule has 1 fully saturated rings. The maximum Gasteiger partial charge on any atom is 0.531 e. The third-order valence-corrected chi connectivity index (χ3v) is 6.12. The van der Waals surface area contributed by atoms with E-state index in [1.54, 1.807) is 0 Å². The number of ether oxygens (including phenoxy) is 2. The van der Waals surface area contributed by atoms with E-state index in [1.165, 1.54) is 0 Å². The SMILES string of the molecule is CCO[Si](OCC)(OCC)C(CC)OC[C@@H]1CO1. The summed E-state index contributed by atoms with van der Waals surface area (Å²) in [5, 5.41) is 0. The van der Waals surface area contributed by atoms with Gasteiger partial charge < -0.3 is 22.8 Å². The summed E-state index contributed by atoms with van der Waals surface area (Å²) in [5.41, 5.74) is -0.110. The minimum atomic E-state index is -2.74. The highest BCUT2D eigenvalue weighted by Crippen LogP contribution is 2.22. The van der Waals surface area contributed by atoms with Crippen molar-refractivity contribution in [2.24, 2.45) is 0 Å². The summed E-state index contributed by atoms with van der Waals surface area (Å²) in [4.78, 5) is 0. The van der Waals surface area contributed by atoms with Crippen LogP contribution in [0.3, 0.4) is 0 Å². The third kappa shape index (κ3) is 4.60. The molecule has 2 atom stereocenters. The fraction of sp³-hybridized carbons (Fsp3) is 1.00. The summed E-state index contributed by atoms with van der Waals surface area (Å²) in [6.45, 7) is 11.0. The van der Waals surface area contributed by atoms with Gasteiger partial charge >= 0.3 is 8.80 Å². The first-order valence-corrected chi connectivity index (χ1v) is 8.67. The average Bonchev–Trinajstić information content (AvgIpc) is 3.15. The maximum atomic E-state index is 5.90. The highest BCUT2D eigenvalue weighted by Gasteiger charge is 2.50. The summed E-state index contributed by atoms with van der Waals surface area (Å²) in [7, 11) is -2.74. The zero-order chi connectivity index (χ0) is 13.4. The predicted octanol–water partition coefficient (Wildman–Crippen LogP) is 1.77. The molecule has 6 heteroatoms. The fourth-order valence-corrected chi connectivity index (χ4v) is 4.68. The van der Waals surface area contributed by atoms with Gasteiger partial charge in [0.2, 0.25) is 0 Å². The minimum Gasteiger partial charge on any atom is -0.372 e. The molecule has 1 saturated heterocycles. The standard InChI is InChI=1S/C12H26O5Si/c1-5-12(14-10-11-9-13-11)18(15-6-2,16-7-3)17-8-4/h11-12H,5-10H2,1-4H3/t11-,12?/m0/s1. The van der Waals surface area contributed by atoms with Gasteiger partial charge in [-0.05, 0) is 27.2 Å². The van der Waals surface area contributed by atoms with Crippen molar-refractivity contribution in [3.05, 3.63) is 0 Å². The highest BCUT2D eigenvalue weighted by molar-refractivity contribution is 6.62. The molecular weight excluding hydrogens is 252 g/mol. The zero-order valence-corrected chi connectivity index (χ0v) is 12.9. The molecule has 108 valence electrons. The van der Waals surface area contributed by atoms with Crippen LogP contribution in [0.15, 0.2) is 0 Å². The molecule has 0 aromatic carbocycles. The monoisotopic (exact) mass is 278 g/mol. The first kappa shape index (κ1) is 16.1. The lowest BCUT2D eigenvalue weighted by atomic mass is 10.5. The summed E-state index contributed by atoms with van der Waals surface area (Å²) in [5.74, 6) is 0. The molecule has 18 heavy (non-hydrogen) atoms. The molecule has 0 radical (unpaired) electrons. The van der Waals surface area contributed by atoms with Gasteiger partial charge in [-0.25, -0.2) is 0 Å². The minimum absolute atomic E-state index is 0.110. The van der Waals surface area contributed by atoms with Crippen molar-refractivity contribution in [2.75, 3.05) is 33.0 Å². The molecule has 0 aliphatic carbocycles. The van der Waals surface area contributed by atoms with Crippen molar-refractivity contribution < 1.29 is 22.8 Å². The second-order valence-electron chi connectivity index (χ2n) is 4.09. The van der Waals surface area contributed by atoms with E-state index in [-0.39, 0.29) is 11.8 Å². The average molecular weight is 278 g/mol. The summed E-state index contributed by atoms with van der Waals surface area (Å²) >= 11 is 0. The van der Waals surface area contributed by atoms with E-state index in [2.05, 4.69) is 6.92 Å². The lowest BCUT2D eigenvalue weighted by molar-refractivity contribution is -0.0147. The van der Waals surface area contributed by atoms with Gasteiger partial charge in [0.1, 0.15) is 11.8 Å². The smallest absolute Gasteiger partial charge is 0.372 e. The number of epoxide rings is 1. The Kier molecular flexibility index (Phi) is 7.36. The van der Waals surface area contributed by atoms with Gasteiger partial charge in [0, 0.05) is 19.8 Å². The van der Waals surface area contributed by atoms with Gasteiger partial charge in [0.25, 0.3) is 0 Å². The number of hydrogen-bond donors (Lipinski definition) is 0. The van der Waals surface area contributed by atoms with Crippen LogP contribution in [0.25, 0.3) is 0 Å². The summed E-state index contributed by atoms with van der Waals surface area (Å²) in [6, 6.07) is 0. The van der Waals surface area contributed by atoms with Crippen LogP contribution >= 0.6 is 0 Å². The second kappa shape index (κ2) is 8.24. The Labute approximate surface area is 111 Å². The summed E-state index contributed by atoms with van der Waals surface area (Å²) in [6.07, 6.45) is 1.06. The largest absolute Gasteiger partial charge is 0.531 e. The highest BCUT2D eigenvalue weighted by atomic mass is 28.4. The van der Waals surface area contributed by atoms with E-state index in [0.29, 0.717) is 26.4 Å². The van der Waals surface area contributed by atoms with E-state index >= 15 is 0 Å². The Balaban J connectivity index is 2.65. The van der Waals surface area contributed by atoms with Gasteiger partial charge in [0.15, 0.2) is 0 Å². The first-order valence-electron chi connectivity index (χ1n) is 6.87. The Morgan fingerprint density at radius 3 is 1.89 bits per heavy atom. The van der Waals surface area contributed by atoms with E-state index in [0.717, 1.165) is 13.0 Å². The molecule has 1 aliphatic heterocycles. The van der Waals surface area contributed by atoms with Crippen LogP contribution in [-0.4, -0.2) is 53.7 Å². The van der Waals surface area contributed by atoms with Crippen LogP contribution in [0.2, 0.25) is 0 Å². The normalized spacial score (nSPS) is 21.0. The lowest BCUT2D eigenvalue weighted by Crippen LogP contribution is -2.57. The van der Waals surface area contributed by atoms with E-state index in [1.807, 2.05) is 20.8 Å². The van der Waals surface area contributed by atoms with Crippen LogP contribution in [0.5, 0.6) is 0 Å². The molecule has 0 amide bonds. The molecule has 1 aliphatic rings. The van der Waals surface area contributed by atoms with E-state index in [4.69, 9.17) is 22.8 Å².